The first-order valence-corrected chi connectivity index (χ1v) is 5.65. The first-order chi connectivity index (χ1) is 7.50. The molecule has 0 aliphatic rings. The topological polar surface area (TPSA) is 32.3 Å². The van der Waals surface area contributed by atoms with Crippen molar-refractivity contribution < 1.29 is 4.79 Å². The second kappa shape index (κ2) is 5.97. The SMILES string of the molecule is CN(C)C(=O)NCCc1ccc(Cl)c(Cl)c1. The minimum atomic E-state index is -0.0972. The lowest BCUT2D eigenvalue weighted by Gasteiger charge is -2.11. The van der Waals surface area contributed by atoms with Crippen molar-refractivity contribution in [3.8, 4) is 0 Å². The highest BCUT2D eigenvalue weighted by atomic mass is 35.5. The number of nitrogens with zero attached hydrogens (tertiary/aromatic N) is 1. The molecule has 0 atom stereocenters. The van der Waals surface area contributed by atoms with Crippen LogP contribution in [0.2, 0.25) is 10.0 Å². The molecule has 0 saturated heterocycles. The van der Waals surface area contributed by atoms with Crippen LogP contribution in [-0.4, -0.2) is 31.6 Å². The normalized spacial score (nSPS) is 10.0. The second-order valence-corrected chi connectivity index (χ2v) is 4.44. The molecule has 3 nitrogen and oxygen atoms in total. The van der Waals surface area contributed by atoms with Gasteiger partial charge in [-0.25, -0.2) is 4.79 Å². The van der Waals surface area contributed by atoms with Gasteiger partial charge >= 0.3 is 6.03 Å². The molecule has 0 fully saturated rings. The largest absolute Gasteiger partial charge is 0.338 e. The van der Waals surface area contributed by atoms with Gasteiger partial charge in [-0.3, -0.25) is 0 Å². The van der Waals surface area contributed by atoms with Crippen molar-refractivity contribution in [1.82, 2.24) is 10.2 Å². The van der Waals surface area contributed by atoms with Crippen molar-refractivity contribution in [3.63, 3.8) is 0 Å². The Bertz CT molecular complexity index is 380. The Morgan fingerprint density at radius 1 is 1.31 bits per heavy atom. The zero-order chi connectivity index (χ0) is 12.1. The Kier molecular flexibility index (Phi) is 4.90. The summed E-state index contributed by atoms with van der Waals surface area (Å²) in [5, 5.41) is 3.86. The summed E-state index contributed by atoms with van der Waals surface area (Å²) >= 11 is 11.7. The Hall–Kier alpha value is -0.930. The van der Waals surface area contributed by atoms with Gasteiger partial charge in [-0.1, -0.05) is 29.3 Å². The fourth-order valence-electron chi connectivity index (χ4n) is 1.17. The van der Waals surface area contributed by atoms with Crippen LogP contribution in [0.1, 0.15) is 5.56 Å². The summed E-state index contributed by atoms with van der Waals surface area (Å²) in [6.45, 7) is 0.578. The molecule has 0 unspecified atom stereocenters. The third kappa shape index (κ3) is 3.91. The van der Waals surface area contributed by atoms with Crippen molar-refractivity contribution >= 4 is 29.2 Å². The fourth-order valence-corrected chi connectivity index (χ4v) is 1.49. The van der Waals surface area contributed by atoms with E-state index in [1.54, 1.807) is 20.2 Å². The Morgan fingerprint density at radius 3 is 2.56 bits per heavy atom. The molecule has 1 N–H and O–H groups in total. The number of amides is 2. The summed E-state index contributed by atoms with van der Waals surface area (Å²) < 4.78 is 0. The quantitative estimate of drug-likeness (QED) is 0.891. The van der Waals surface area contributed by atoms with Crippen LogP contribution in [0.3, 0.4) is 0 Å². The minimum absolute atomic E-state index is 0.0972. The molecule has 16 heavy (non-hydrogen) atoms. The zero-order valence-electron chi connectivity index (χ0n) is 9.26. The molecule has 2 amide bonds. The first-order valence-electron chi connectivity index (χ1n) is 4.90. The number of rotatable bonds is 3. The summed E-state index contributed by atoms with van der Waals surface area (Å²) in [5.41, 5.74) is 1.05. The van der Waals surface area contributed by atoms with E-state index in [-0.39, 0.29) is 6.03 Å². The van der Waals surface area contributed by atoms with Gasteiger partial charge in [0.25, 0.3) is 0 Å². The van der Waals surface area contributed by atoms with Crippen LogP contribution in [0, 0.1) is 0 Å². The third-order valence-corrected chi connectivity index (χ3v) is 2.82. The Labute approximate surface area is 105 Å². The molecule has 0 aromatic heterocycles. The number of hydrogen-bond donors (Lipinski definition) is 1. The lowest BCUT2D eigenvalue weighted by molar-refractivity contribution is 0.217. The molecular formula is C11H14Cl2N2O. The molecule has 0 radical (unpaired) electrons. The van der Waals surface area contributed by atoms with Gasteiger partial charge in [0.1, 0.15) is 0 Å². The molecule has 0 heterocycles. The predicted octanol–water partition coefficient (Wildman–Crippen LogP) is 2.81. The maximum Gasteiger partial charge on any atom is 0.316 e. The highest BCUT2D eigenvalue weighted by molar-refractivity contribution is 6.42. The summed E-state index contributed by atoms with van der Waals surface area (Å²) in [5.74, 6) is 0. The van der Waals surface area contributed by atoms with Gasteiger partial charge in [-0.15, -0.1) is 0 Å². The van der Waals surface area contributed by atoms with Crippen LogP contribution < -0.4 is 5.32 Å². The van der Waals surface area contributed by atoms with Gasteiger partial charge in [0.05, 0.1) is 10.0 Å². The molecule has 88 valence electrons. The maximum absolute atomic E-state index is 11.2. The molecule has 0 aliphatic heterocycles. The van der Waals surface area contributed by atoms with Gasteiger partial charge in [-0.2, -0.15) is 0 Å². The van der Waals surface area contributed by atoms with Crippen LogP contribution in [-0.2, 0) is 6.42 Å². The van der Waals surface area contributed by atoms with E-state index in [9.17, 15) is 4.79 Å². The molecular weight excluding hydrogens is 247 g/mol. The monoisotopic (exact) mass is 260 g/mol. The molecule has 0 bridgehead atoms. The molecule has 0 aliphatic carbocycles. The zero-order valence-corrected chi connectivity index (χ0v) is 10.8. The number of carbonyl (C=O) groups excluding carboxylic acids is 1. The fraction of sp³-hybridized carbons (Fsp3) is 0.364. The summed E-state index contributed by atoms with van der Waals surface area (Å²) in [6, 6.07) is 5.37. The van der Waals surface area contributed by atoms with Crippen molar-refractivity contribution in [2.45, 2.75) is 6.42 Å². The molecule has 1 aromatic rings. The number of nitrogens with one attached hydrogen (secondary N) is 1. The van der Waals surface area contributed by atoms with Crippen LogP contribution in [0.4, 0.5) is 4.79 Å². The lowest BCUT2D eigenvalue weighted by Crippen LogP contribution is -2.35. The van der Waals surface area contributed by atoms with Crippen LogP contribution in [0.5, 0.6) is 0 Å². The van der Waals surface area contributed by atoms with E-state index in [4.69, 9.17) is 23.2 Å². The Morgan fingerprint density at radius 2 is 2.00 bits per heavy atom. The number of benzene rings is 1. The summed E-state index contributed by atoms with van der Waals surface area (Å²) in [7, 11) is 3.41. The maximum atomic E-state index is 11.2. The van der Waals surface area contributed by atoms with E-state index in [1.807, 2.05) is 12.1 Å². The van der Waals surface area contributed by atoms with E-state index in [2.05, 4.69) is 5.32 Å². The highest BCUT2D eigenvalue weighted by Gasteiger charge is 2.03. The number of hydrogen-bond acceptors (Lipinski definition) is 1. The van der Waals surface area contributed by atoms with Crippen molar-refractivity contribution in [2.75, 3.05) is 20.6 Å². The second-order valence-electron chi connectivity index (χ2n) is 3.62. The molecule has 0 spiro atoms. The number of carbonyl (C=O) groups is 1. The van der Waals surface area contributed by atoms with Gasteiger partial charge in [-0.05, 0) is 24.1 Å². The highest BCUT2D eigenvalue weighted by Crippen LogP contribution is 2.22. The van der Waals surface area contributed by atoms with E-state index >= 15 is 0 Å². The van der Waals surface area contributed by atoms with Crippen molar-refractivity contribution in [3.05, 3.63) is 33.8 Å². The smallest absolute Gasteiger partial charge is 0.316 e. The molecule has 1 aromatic carbocycles. The first kappa shape index (κ1) is 13.1. The summed E-state index contributed by atoms with van der Waals surface area (Å²) in [6.07, 6.45) is 0.733. The van der Waals surface area contributed by atoms with Crippen molar-refractivity contribution in [1.29, 1.82) is 0 Å². The average Bonchev–Trinajstić information content (AvgIpc) is 2.23. The van der Waals surface area contributed by atoms with E-state index in [0.29, 0.717) is 16.6 Å². The van der Waals surface area contributed by atoms with Gasteiger partial charge in [0.2, 0.25) is 0 Å². The third-order valence-electron chi connectivity index (χ3n) is 2.08. The van der Waals surface area contributed by atoms with Crippen molar-refractivity contribution in [2.24, 2.45) is 0 Å². The summed E-state index contributed by atoms with van der Waals surface area (Å²) in [4.78, 5) is 12.7. The molecule has 5 heteroatoms. The van der Waals surface area contributed by atoms with Gasteiger partial charge < -0.3 is 10.2 Å². The van der Waals surface area contributed by atoms with E-state index in [1.165, 1.54) is 4.90 Å². The van der Waals surface area contributed by atoms with Crippen LogP contribution >= 0.6 is 23.2 Å². The van der Waals surface area contributed by atoms with E-state index in [0.717, 1.165) is 12.0 Å². The molecule has 1 rings (SSSR count). The predicted molar refractivity (Wildman–Crippen MR) is 67.3 cm³/mol. The Balaban J connectivity index is 2.43. The lowest BCUT2D eigenvalue weighted by atomic mass is 10.1. The molecule has 0 saturated carbocycles. The van der Waals surface area contributed by atoms with E-state index < -0.39 is 0 Å². The number of halogens is 2. The standard InChI is InChI=1S/C11H14Cl2N2O/c1-15(2)11(16)14-6-5-8-3-4-9(12)10(13)7-8/h3-4,7H,5-6H2,1-2H3,(H,14,16). The average molecular weight is 261 g/mol. The van der Waals surface area contributed by atoms with Gasteiger partial charge in [0, 0.05) is 20.6 Å². The van der Waals surface area contributed by atoms with Crippen LogP contribution in [0.15, 0.2) is 18.2 Å². The number of urea groups is 1. The van der Waals surface area contributed by atoms with Gasteiger partial charge in [0.15, 0.2) is 0 Å². The minimum Gasteiger partial charge on any atom is -0.338 e. The van der Waals surface area contributed by atoms with Crippen LogP contribution in [0.25, 0.3) is 0 Å².